The number of rotatable bonds is 5. The van der Waals surface area contributed by atoms with Gasteiger partial charge in [0.2, 0.25) is 0 Å². The molecule has 1 aromatic heterocycles. The van der Waals surface area contributed by atoms with E-state index in [4.69, 9.17) is 4.74 Å². The Labute approximate surface area is 167 Å². The Morgan fingerprint density at radius 1 is 1.28 bits per heavy atom. The lowest BCUT2D eigenvalue weighted by atomic mass is 10.0. The molecule has 0 spiro atoms. The Morgan fingerprint density at radius 3 is 2.55 bits per heavy atom. The van der Waals surface area contributed by atoms with Crippen LogP contribution in [0.25, 0.3) is 0 Å². The van der Waals surface area contributed by atoms with Gasteiger partial charge in [0.05, 0.1) is 17.4 Å². The Balaban J connectivity index is 1.85. The van der Waals surface area contributed by atoms with Gasteiger partial charge in [-0.15, -0.1) is 0 Å². The minimum absolute atomic E-state index is 0.0750. The van der Waals surface area contributed by atoms with Crippen LogP contribution in [-0.2, 0) is 17.5 Å². The molecule has 1 aliphatic rings. The molecule has 1 saturated heterocycles. The van der Waals surface area contributed by atoms with Crippen molar-refractivity contribution in [3.05, 3.63) is 41.2 Å². The molecule has 0 unspecified atom stereocenters. The molecule has 3 rings (SSSR count). The lowest BCUT2D eigenvalue weighted by molar-refractivity contribution is -0.137. The fourth-order valence-corrected chi connectivity index (χ4v) is 3.61. The second kappa shape index (κ2) is 8.44. The van der Waals surface area contributed by atoms with Crippen molar-refractivity contribution in [1.82, 2.24) is 9.78 Å². The highest BCUT2D eigenvalue weighted by Gasteiger charge is 2.36. The number of carbonyl (C=O) groups excluding carboxylic acids is 1. The zero-order valence-electron chi connectivity index (χ0n) is 16.7. The van der Waals surface area contributed by atoms with Gasteiger partial charge in [0.15, 0.2) is 0 Å². The number of amides is 1. The number of anilines is 2. The minimum atomic E-state index is -4.53. The predicted octanol–water partition coefficient (Wildman–Crippen LogP) is 4.10. The van der Waals surface area contributed by atoms with Gasteiger partial charge in [0.25, 0.3) is 5.91 Å². The zero-order chi connectivity index (χ0) is 21.2. The van der Waals surface area contributed by atoms with Gasteiger partial charge in [-0.2, -0.15) is 18.3 Å². The van der Waals surface area contributed by atoms with Crippen LogP contribution in [0.15, 0.2) is 24.3 Å². The molecular weight excluding hydrogens is 385 g/mol. The van der Waals surface area contributed by atoms with Gasteiger partial charge in [-0.3, -0.25) is 9.48 Å². The molecule has 1 aliphatic heterocycles. The highest BCUT2D eigenvalue weighted by atomic mass is 19.4. The van der Waals surface area contributed by atoms with E-state index >= 15 is 0 Å². The number of halogens is 3. The standard InChI is InChI=1S/C20H25F3N4O2/c1-4-27-18(11-13(2)25-27)19(28)24-14-5-6-17(16(12-14)20(21,22)23)26-9-7-15(29-3)8-10-26/h5-6,11-12,15H,4,7-10H2,1-3H3,(H,24,28). The lowest BCUT2D eigenvalue weighted by Gasteiger charge is -2.34. The summed E-state index contributed by atoms with van der Waals surface area (Å²) in [4.78, 5) is 14.3. The van der Waals surface area contributed by atoms with Crippen molar-refractivity contribution in [2.75, 3.05) is 30.4 Å². The smallest absolute Gasteiger partial charge is 0.381 e. The number of aryl methyl sites for hydroxylation is 2. The number of hydrogen-bond donors (Lipinski definition) is 1. The van der Waals surface area contributed by atoms with Crippen molar-refractivity contribution in [3.8, 4) is 0 Å². The van der Waals surface area contributed by atoms with Gasteiger partial charge in [0.1, 0.15) is 5.69 Å². The molecule has 1 fully saturated rings. The van der Waals surface area contributed by atoms with E-state index in [1.165, 1.54) is 16.8 Å². The molecule has 2 heterocycles. The number of ether oxygens (including phenoxy) is 1. The monoisotopic (exact) mass is 410 g/mol. The molecule has 0 saturated carbocycles. The number of hydrogen-bond acceptors (Lipinski definition) is 4. The minimum Gasteiger partial charge on any atom is -0.381 e. The third-order valence-corrected chi connectivity index (χ3v) is 5.11. The maximum atomic E-state index is 13.7. The average Bonchev–Trinajstić information content (AvgIpc) is 3.08. The normalized spacial score (nSPS) is 15.6. The fraction of sp³-hybridized carbons (Fsp3) is 0.500. The molecule has 0 bridgehead atoms. The first-order valence-electron chi connectivity index (χ1n) is 9.57. The predicted molar refractivity (Wildman–Crippen MR) is 104 cm³/mol. The van der Waals surface area contributed by atoms with E-state index in [-0.39, 0.29) is 17.5 Å². The van der Waals surface area contributed by atoms with Crippen LogP contribution in [0.4, 0.5) is 24.5 Å². The third-order valence-electron chi connectivity index (χ3n) is 5.11. The molecule has 158 valence electrons. The second-order valence-electron chi connectivity index (χ2n) is 7.09. The second-order valence-corrected chi connectivity index (χ2v) is 7.09. The summed E-state index contributed by atoms with van der Waals surface area (Å²) in [5, 5.41) is 6.76. The van der Waals surface area contributed by atoms with Crippen LogP contribution < -0.4 is 10.2 Å². The number of nitrogens with zero attached hydrogens (tertiary/aromatic N) is 3. The molecule has 29 heavy (non-hydrogen) atoms. The third kappa shape index (κ3) is 4.72. The lowest BCUT2D eigenvalue weighted by Crippen LogP contribution is -2.37. The zero-order valence-corrected chi connectivity index (χ0v) is 16.7. The van der Waals surface area contributed by atoms with Crippen LogP contribution in [0, 0.1) is 6.92 Å². The maximum absolute atomic E-state index is 13.7. The molecule has 6 nitrogen and oxygen atoms in total. The van der Waals surface area contributed by atoms with E-state index in [9.17, 15) is 18.0 Å². The van der Waals surface area contributed by atoms with E-state index in [0.29, 0.717) is 43.9 Å². The quantitative estimate of drug-likeness (QED) is 0.806. The number of nitrogens with one attached hydrogen (secondary N) is 1. The highest BCUT2D eigenvalue weighted by molar-refractivity contribution is 6.03. The SMILES string of the molecule is CCn1nc(C)cc1C(=O)Nc1ccc(N2CCC(OC)CC2)c(C(F)(F)F)c1. The van der Waals surface area contributed by atoms with Crippen molar-refractivity contribution in [2.24, 2.45) is 0 Å². The van der Waals surface area contributed by atoms with Crippen molar-refractivity contribution in [1.29, 1.82) is 0 Å². The van der Waals surface area contributed by atoms with Gasteiger partial charge >= 0.3 is 6.18 Å². The Kier molecular flexibility index (Phi) is 6.16. The van der Waals surface area contributed by atoms with Crippen molar-refractivity contribution in [2.45, 2.75) is 45.5 Å². The van der Waals surface area contributed by atoms with E-state index in [1.807, 2.05) is 6.92 Å². The van der Waals surface area contributed by atoms with Gasteiger partial charge in [-0.25, -0.2) is 0 Å². The Hall–Kier alpha value is -2.55. The van der Waals surface area contributed by atoms with E-state index < -0.39 is 17.6 Å². The first-order chi connectivity index (χ1) is 13.7. The molecule has 1 N–H and O–H groups in total. The van der Waals surface area contributed by atoms with Gasteiger partial charge in [0, 0.05) is 38.1 Å². The van der Waals surface area contributed by atoms with Crippen LogP contribution >= 0.6 is 0 Å². The molecule has 1 amide bonds. The number of piperidine rings is 1. The number of alkyl halides is 3. The van der Waals surface area contributed by atoms with E-state index in [0.717, 1.165) is 6.07 Å². The molecule has 1 aromatic carbocycles. The average molecular weight is 410 g/mol. The maximum Gasteiger partial charge on any atom is 0.418 e. The van der Waals surface area contributed by atoms with E-state index in [1.54, 1.807) is 25.0 Å². The Morgan fingerprint density at radius 2 is 1.97 bits per heavy atom. The molecule has 0 atom stereocenters. The van der Waals surface area contributed by atoms with Crippen molar-refractivity contribution < 1.29 is 22.7 Å². The van der Waals surface area contributed by atoms with Crippen molar-refractivity contribution >= 4 is 17.3 Å². The van der Waals surface area contributed by atoms with E-state index in [2.05, 4.69) is 10.4 Å². The summed E-state index contributed by atoms with van der Waals surface area (Å²) in [6, 6.07) is 5.53. The first kappa shape index (κ1) is 21.2. The van der Waals surface area contributed by atoms with Gasteiger partial charge < -0.3 is 15.0 Å². The van der Waals surface area contributed by atoms with Gasteiger partial charge in [-0.1, -0.05) is 0 Å². The fourth-order valence-electron chi connectivity index (χ4n) is 3.61. The number of methoxy groups -OCH3 is 1. The molecule has 0 aliphatic carbocycles. The number of benzene rings is 1. The van der Waals surface area contributed by atoms with Gasteiger partial charge in [-0.05, 0) is 51.0 Å². The largest absolute Gasteiger partial charge is 0.418 e. The summed E-state index contributed by atoms with van der Waals surface area (Å²) in [6.07, 6.45) is -3.11. The van der Waals surface area contributed by atoms with Crippen LogP contribution in [0.3, 0.4) is 0 Å². The Bertz CT molecular complexity index is 871. The highest BCUT2D eigenvalue weighted by Crippen LogP contribution is 2.39. The summed E-state index contributed by atoms with van der Waals surface area (Å²) in [5.41, 5.74) is 0.442. The van der Waals surface area contributed by atoms with Crippen LogP contribution in [0.5, 0.6) is 0 Å². The first-order valence-corrected chi connectivity index (χ1v) is 9.57. The topological polar surface area (TPSA) is 59.4 Å². The number of carbonyl (C=O) groups is 1. The van der Waals surface area contributed by atoms with Crippen LogP contribution in [-0.4, -0.2) is 42.0 Å². The summed E-state index contributed by atoms with van der Waals surface area (Å²) >= 11 is 0. The molecular formula is C20H25F3N4O2. The van der Waals surface area contributed by atoms with Crippen molar-refractivity contribution in [3.63, 3.8) is 0 Å². The molecule has 0 radical (unpaired) electrons. The van der Waals surface area contributed by atoms with Crippen LogP contribution in [0.2, 0.25) is 0 Å². The molecule has 9 heteroatoms. The number of aromatic nitrogens is 2. The van der Waals surface area contributed by atoms with Crippen LogP contribution in [0.1, 0.15) is 41.5 Å². The summed E-state index contributed by atoms with van der Waals surface area (Å²) in [6.45, 7) is 5.06. The summed E-state index contributed by atoms with van der Waals surface area (Å²) in [7, 11) is 1.62. The summed E-state index contributed by atoms with van der Waals surface area (Å²) < 4.78 is 48.0. The summed E-state index contributed by atoms with van der Waals surface area (Å²) in [5.74, 6) is -0.491. The molecule has 2 aromatic rings.